The van der Waals surface area contributed by atoms with Crippen LogP contribution in [-0.4, -0.2) is 5.88 Å². The second-order valence-electron chi connectivity index (χ2n) is 3.87. The van der Waals surface area contributed by atoms with Gasteiger partial charge in [0.2, 0.25) is 0 Å². The molecule has 0 aromatic carbocycles. The van der Waals surface area contributed by atoms with Crippen molar-refractivity contribution in [3.05, 3.63) is 0 Å². The Morgan fingerprint density at radius 1 is 0.643 bits per heavy atom. The molecule has 2 heteroatoms. The first-order valence-electron chi connectivity index (χ1n) is 5.97. The van der Waals surface area contributed by atoms with E-state index < -0.39 is 0 Å². The fourth-order valence-electron chi connectivity index (χ4n) is 1.58. The maximum atomic E-state index is 5.60. The summed E-state index contributed by atoms with van der Waals surface area (Å²) in [6.07, 6.45) is 13.9. The van der Waals surface area contributed by atoms with Gasteiger partial charge in [-0.05, 0) is 6.42 Å². The van der Waals surface area contributed by atoms with E-state index in [1.807, 2.05) is 0 Å². The molecule has 0 radical (unpaired) electrons. The highest BCUT2D eigenvalue weighted by Crippen LogP contribution is 2.10. The first-order valence-corrected chi connectivity index (χ1v) is 6.51. The number of rotatable bonds is 10. The maximum absolute atomic E-state index is 5.60. The minimum Gasteiger partial charge on any atom is -0.344 e. The Hall–Kier alpha value is 0.250. The van der Waals surface area contributed by atoms with Crippen LogP contribution in [0.3, 0.4) is 0 Å². The van der Waals surface area contributed by atoms with E-state index in [1.54, 1.807) is 0 Å². The molecule has 0 amide bonds. The lowest BCUT2D eigenvalue weighted by molar-refractivity contribution is 0.563. The monoisotopic (exact) mass is 221 g/mol. The molecular weight excluding hydrogens is 194 g/mol. The van der Waals surface area contributed by atoms with Crippen molar-refractivity contribution < 1.29 is 0 Å². The van der Waals surface area contributed by atoms with Gasteiger partial charge in [-0.1, -0.05) is 64.7 Å². The van der Waals surface area contributed by atoms with Crippen LogP contribution in [0.2, 0.25) is 0 Å². The van der Waals surface area contributed by atoms with Gasteiger partial charge in [0.05, 0.1) is 0 Å². The van der Waals surface area contributed by atoms with E-state index in [0.717, 1.165) is 5.88 Å². The van der Waals surface area contributed by atoms with E-state index in [-0.39, 0.29) is 6.15 Å². The highest BCUT2D eigenvalue weighted by Gasteiger charge is 1.91. The lowest BCUT2D eigenvalue weighted by Gasteiger charge is -2.00. The van der Waals surface area contributed by atoms with Crippen LogP contribution in [0.4, 0.5) is 0 Å². The van der Waals surface area contributed by atoms with E-state index in [4.69, 9.17) is 11.6 Å². The van der Waals surface area contributed by atoms with Crippen molar-refractivity contribution >= 4 is 11.6 Å². The predicted molar refractivity (Wildman–Crippen MR) is 67.6 cm³/mol. The Bertz CT molecular complexity index is 76.4. The number of hydrogen-bond donors (Lipinski definition) is 1. The largest absolute Gasteiger partial charge is 0.344 e. The molecular formula is C12H28ClN. The predicted octanol–water partition coefficient (Wildman–Crippen LogP) is 5.31. The quantitative estimate of drug-likeness (QED) is 0.394. The lowest BCUT2D eigenvalue weighted by atomic mass is 10.1. The summed E-state index contributed by atoms with van der Waals surface area (Å²) in [5.74, 6) is 0.844. The second kappa shape index (κ2) is 15.7. The standard InChI is InChI=1S/C12H25Cl.H3N/c1-2-3-4-5-6-7-8-9-10-11-12-13;/h2-12H2,1H3;1H3. The molecule has 1 nitrogen and oxygen atoms in total. The van der Waals surface area contributed by atoms with Crippen LogP contribution in [0, 0.1) is 0 Å². The summed E-state index contributed by atoms with van der Waals surface area (Å²) in [5.41, 5.74) is 0. The van der Waals surface area contributed by atoms with Crippen LogP contribution in [0.1, 0.15) is 71.1 Å². The fraction of sp³-hybridized carbons (Fsp3) is 1.00. The molecule has 0 rings (SSSR count). The first-order chi connectivity index (χ1) is 6.41. The Balaban J connectivity index is 0. The van der Waals surface area contributed by atoms with Gasteiger partial charge in [-0.2, -0.15) is 0 Å². The van der Waals surface area contributed by atoms with E-state index in [0.29, 0.717) is 0 Å². The number of unbranched alkanes of at least 4 members (excludes halogenated alkanes) is 9. The minimum atomic E-state index is 0. The van der Waals surface area contributed by atoms with Crippen molar-refractivity contribution in [3.63, 3.8) is 0 Å². The van der Waals surface area contributed by atoms with Gasteiger partial charge in [0.15, 0.2) is 0 Å². The van der Waals surface area contributed by atoms with Crippen molar-refractivity contribution in [2.45, 2.75) is 71.1 Å². The van der Waals surface area contributed by atoms with Gasteiger partial charge in [-0.15, -0.1) is 11.6 Å². The molecule has 0 heterocycles. The van der Waals surface area contributed by atoms with Crippen molar-refractivity contribution in [2.75, 3.05) is 5.88 Å². The average molecular weight is 222 g/mol. The molecule has 14 heavy (non-hydrogen) atoms. The highest BCUT2D eigenvalue weighted by atomic mass is 35.5. The Morgan fingerprint density at radius 3 is 1.36 bits per heavy atom. The number of halogens is 1. The highest BCUT2D eigenvalue weighted by molar-refractivity contribution is 6.17. The van der Waals surface area contributed by atoms with Crippen LogP contribution >= 0.6 is 11.6 Å². The van der Waals surface area contributed by atoms with E-state index >= 15 is 0 Å². The molecule has 0 unspecified atom stereocenters. The Kier molecular flexibility index (Phi) is 18.7. The van der Waals surface area contributed by atoms with Gasteiger partial charge in [0.1, 0.15) is 0 Å². The molecule has 0 aromatic rings. The molecule has 0 bridgehead atoms. The van der Waals surface area contributed by atoms with Gasteiger partial charge in [-0.25, -0.2) is 0 Å². The third kappa shape index (κ3) is 14.8. The van der Waals surface area contributed by atoms with E-state index in [2.05, 4.69) is 6.92 Å². The summed E-state index contributed by atoms with van der Waals surface area (Å²) in [6, 6.07) is 0. The SMILES string of the molecule is CCCCCCCCCCCCCl.N. The lowest BCUT2D eigenvalue weighted by Crippen LogP contribution is -1.81. The zero-order valence-electron chi connectivity index (χ0n) is 9.86. The van der Waals surface area contributed by atoms with Gasteiger partial charge < -0.3 is 6.15 Å². The molecule has 0 atom stereocenters. The van der Waals surface area contributed by atoms with Crippen molar-refractivity contribution in [1.29, 1.82) is 0 Å². The summed E-state index contributed by atoms with van der Waals surface area (Å²) in [6.45, 7) is 2.27. The summed E-state index contributed by atoms with van der Waals surface area (Å²) >= 11 is 5.60. The van der Waals surface area contributed by atoms with Crippen molar-refractivity contribution in [3.8, 4) is 0 Å². The zero-order chi connectivity index (χ0) is 9.78. The maximum Gasteiger partial charge on any atom is 0.0223 e. The molecule has 0 aliphatic rings. The Morgan fingerprint density at radius 2 is 1.00 bits per heavy atom. The van der Waals surface area contributed by atoms with Crippen LogP contribution in [0.15, 0.2) is 0 Å². The zero-order valence-corrected chi connectivity index (χ0v) is 10.6. The van der Waals surface area contributed by atoms with Crippen LogP contribution in [-0.2, 0) is 0 Å². The van der Waals surface area contributed by atoms with Gasteiger partial charge >= 0.3 is 0 Å². The molecule has 0 fully saturated rings. The summed E-state index contributed by atoms with van der Waals surface area (Å²) in [4.78, 5) is 0. The number of hydrogen-bond acceptors (Lipinski definition) is 1. The summed E-state index contributed by atoms with van der Waals surface area (Å²) in [7, 11) is 0. The van der Waals surface area contributed by atoms with Gasteiger partial charge in [0, 0.05) is 5.88 Å². The molecule has 0 aromatic heterocycles. The third-order valence-electron chi connectivity index (χ3n) is 2.49. The molecule has 3 N–H and O–H groups in total. The van der Waals surface area contributed by atoms with Crippen LogP contribution < -0.4 is 6.15 Å². The van der Waals surface area contributed by atoms with Crippen molar-refractivity contribution in [2.24, 2.45) is 0 Å². The smallest absolute Gasteiger partial charge is 0.0223 e. The topological polar surface area (TPSA) is 35.0 Å². The molecule has 88 valence electrons. The summed E-state index contributed by atoms with van der Waals surface area (Å²) in [5, 5.41) is 0. The third-order valence-corrected chi connectivity index (χ3v) is 2.75. The molecule has 0 aliphatic carbocycles. The molecule has 0 aliphatic heterocycles. The van der Waals surface area contributed by atoms with Crippen LogP contribution in [0.5, 0.6) is 0 Å². The van der Waals surface area contributed by atoms with Crippen molar-refractivity contribution in [1.82, 2.24) is 6.15 Å². The summed E-state index contributed by atoms with van der Waals surface area (Å²) < 4.78 is 0. The van der Waals surface area contributed by atoms with E-state index in [9.17, 15) is 0 Å². The molecule has 0 spiro atoms. The molecule has 0 saturated carbocycles. The van der Waals surface area contributed by atoms with Gasteiger partial charge in [-0.3, -0.25) is 0 Å². The minimum absolute atomic E-state index is 0. The second-order valence-corrected chi connectivity index (χ2v) is 4.25. The molecule has 0 saturated heterocycles. The van der Waals surface area contributed by atoms with E-state index in [1.165, 1.54) is 64.2 Å². The average Bonchev–Trinajstić information content (AvgIpc) is 2.16. The first kappa shape index (κ1) is 16.7. The normalized spacial score (nSPS) is 9.86. The fourth-order valence-corrected chi connectivity index (χ4v) is 1.77. The Labute approximate surface area is 95.2 Å². The van der Waals surface area contributed by atoms with Crippen LogP contribution in [0.25, 0.3) is 0 Å². The van der Waals surface area contributed by atoms with Gasteiger partial charge in [0.25, 0.3) is 0 Å². The number of alkyl halides is 1.